The first-order valence-corrected chi connectivity index (χ1v) is 6.49. The number of carbonyl (C=O) groups excluding carboxylic acids is 1. The van der Waals surface area contributed by atoms with Crippen molar-refractivity contribution in [3.05, 3.63) is 11.6 Å². The predicted molar refractivity (Wildman–Crippen MR) is 68.5 cm³/mol. The van der Waals surface area contributed by atoms with Gasteiger partial charge in [0.15, 0.2) is 0 Å². The van der Waals surface area contributed by atoms with Gasteiger partial charge in [-0.05, 0) is 19.4 Å². The topological polar surface area (TPSA) is 73.9 Å². The van der Waals surface area contributed by atoms with Crippen LogP contribution in [0.15, 0.2) is 0 Å². The summed E-state index contributed by atoms with van der Waals surface area (Å²) in [4.78, 5) is 18.0. The van der Waals surface area contributed by atoms with Crippen molar-refractivity contribution in [2.24, 2.45) is 0 Å². The van der Waals surface area contributed by atoms with Gasteiger partial charge in [-0.25, -0.2) is 4.98 Å². The zero-order chi connectivity index (χ0) is 13.1. The molecule has 1 fully saturated rings. The Morgan fingerprint density at radius 2 is 2.33 bits per heavy atom. The number of aromatic amines is 1. The molecule has 1 aliphatic heterocycles. The zero-order valence-corrected chi connectivity index (χ0v) is 11.2. The highest BCUT2D eigenvalue weighted by molar-refractivity contribution is 5.90. The smallest absolute Gasteiger partial charge is 0.293 e. The van der Waals surface area contributed by atoms with Gasteiger partial charge >= 0.3 is 0 Å². The molecule has 0 radical (unpaired) electrons. The molecule has 6 heteroatoms. The Kier molecular flexibility index (Phi) is 3.96. The summed E-state index contributed by atoms with van der Waals surface area (Å²) in [5.74, 6) is 1.15. The van der Waals surface area contributed by atoms with E-state index < -0.39 is 0 Å². The maximum atomic E-state index is 12.1. The molecule has 18 heavy (non-hydrogen) atoms. The second kappa shape index (κ2) is 5.48. The highest BCUT2D eigenvalue weighted by atomic mass is 16.2. The third-order valence-electron chi connectivity index (χ3n) is 3.24. The summed E-state index contributed by atoms with van der Waals surface area (Å²) in [6, 6.07) is 0.405. The number of nitrogens with zero attached hydrogens (tertiary/aromatic N) is 3. The van der Waals surface area contributed by atoms with E-state index in [-0.39, 0.29) is 17.6 Å². The van der Waals surface area contributed by atoms with Crippen LogP contribution in [0.5, 0.6) is 0 Å². The highest BCUT2D eigenvalue weighted by Crippen LogP contribution is 2.10. The van der Waals surface area contributed by atoms with Gasteiger partial charge in [0, 0.05) is 25.6 Å². The molecule has 2 rings (SSSR count). The molecule has 1 amide bonds. The average Bonchev–Trinajstić information content (AvgIpc) is 2.98. The maximum Gasteiger partial charge on any atom is 0.293 e. The third kappa shape index (κ3) is 2.87. The van der Waals surface area contributed by atoms with E-state index in [0.717, 1.165) is 18.8 Å². The van der Waals surface area contributed by atoms with Gasteiger partial charge in [0.05, 0.1) is 0 Å². The normalized spacial score (nSPS) is 19.4. The third-order valence-corrected chi connectivity index (χ3v) is 3.24. The Morgan fingerprint density at radius 1 is 1.56 bits per heavy atom. The first-order valence-electron chi connectivity index (χ1n) is 6.49. The van der Waals surface area contributed by atoms with E-state index in [1.807, 2.05) is 13.8 Å². The Balaban J connectivity index is 1.96. The van der Waals surface area contributed by atoms with Crippen LogP contribution in [0.2, 0.25) is 0 Å². The van der Waals surface area contributed by atoms with E-state index in [0.29, 0.717) is 12.6 Å². The number of amides is 1. The number of H-pyrrole nitrogens is 1. The molecule has 1 aromatic rings. The quantitative estimate of drug-likeness (QED) is 0.828. The Hall–Kier alpha value is -1.43. The number of hydrogen-bond donors (Lipinski definition) is 2. The van der Waals surface area contributed by atoms with Crippen molar-refractivity contribution in [3.8, 4) is 0 Å². The van der Waals surface area contributed by atoms with Gasteiger partial charge in [0.2, 0.25) is 5.82 Å². The maximum absolute atomic E-state index is 12.1. The highest BCUT2D eigenvalue weighted by Gasteiger charge is 2.22. The molecule has 1 unspecified atom stereocenters. The van der Waals surface area contributed by atoms with Crippen molar-refractivity contribution >= 4 is 5.91 Å². The summed E-state index contributed by atoms with van der Waals surface area (Å²) in [5.41, 5.74) is 0. The van der Waals surface area contributed by atoms with Gasteiger partial charge in [0.25, 0.3) is 5.91 Å². The molecule has 0 bridgehead atoms. The molecule has 0 aliphatic carbocycles. The summed E-state index contributed by atoms with van der Waals surface area (Å²) in [5, 5.41) is 10.2. The van der Waals surface area contributed by atoms with E-state index in [2.05, 4.69) is 20.5 Å². The van der Waals surface area contributed by atoms with Crippen molar-refractivity contribution in [1.29, 1.82) is 0 Å². The van der Waals surface area contributed by atoms with Crippen LogP contribution < -0.4 is 5.32 Å². The number of carbonyl (C=O) groups is 1. The lowest BCUT2D eigenvalue weighted by atomic mass is 10.2. The first kappa shape index (κ1) is 13.0. The monoisotopic (exact) mass is 251 g/mol. The van der Waals surface area contributed by atoms with Crippen molar-refractivity contribution in [1.82, 2.24) is 25.4 Å². The van der Waals surface area contributed by atoms with E-state index in [1.165, 1.54) is 6.42 Å². The molecule has 6 nitrogen and oxygen atoms in total. The standard InChI is InChI=1S/C12H21N5O/c1-8(2)10-14-11(16-15-10)12(18)17(3)7-9-5-4-6-13-9/h8-9,13H,4-7H2,1-3H3,(H,14,15,16). The molecule has 0 aromatic carbocycles. The fraction of sp³-hybridized carbons (Fsp3) is 0.750. The van der Waals surface area contributed by atoms with Crippen LogP contribution >= 0.6 is 0 Å². The molecule has 1 atom stereocenters. The molecule has 2 N–H and O–H groups in total. The minimum absolute atomic E-state index is 0.119. The molecule has 1 aromatic heterocycles. The van der Waals surface area contributed by atoms with Gasteiger partial charge in [-0.1, -0.05) is 13.8 Å². The van der Waals surface area contributed by atoms with Gasteiger partial charge in [-0.2, -0.15) is 0 Å². The summed E-state index contributed by atoms with van der Waals surface area (Å²) in [6.45, 7) is 5.79. The molecule has 2 heterocycles. The molecule has 1 saturated heterocycles. The number of aromatic nitrogens is 3. The predicted octanol–water partition coefficient (Wildman–Crippen LogP) is 0.752. The molecule has 0 spiro atoms. The van der Waals surface area contributed by atoms with E-state index in [4.69, 9.17) is 0 Å². The van der Waals surface area contributed by atoms with Crippen molar-refractivity contribution < 1.29 is 4.79 Å². The molecule has 100 valence electrons. The summed E-state index contributed by atoms with van der Waals surface area (Å²) < 4.78 is 0. The van der Waals surface area contributed by atoms with E-state index >= 15 is 0 Å². The van der Waals surface area contributed by atoms with Crippen LogP contribution in [-0.2, 0) is 0 Å². The number of likely N-dealkylation sites (N-methyl/N-ethyl adjacent to an activating group) is 1. The van der Waals surface area contributed by atoms with Crippen LogP contribution in [0.3, 0.4) is 0 Å². The SMILES string of the molecule is CC(C)c1nc(C(=O)N(C)CC2CCCN2)n[nH]1. The summed E-state index contributed by atoms with van der Waals surface area (Å²) in [6.07, 6.45) is 2.31. The fourth-order valence-corrected chi connectivity index (χ4v) is 2.12. The lowest BCUT2D eigenvalue weighted by Crippen LogP contribution is -2.39. The molecular weight excluding hydrogens is 230 g/mol. The molecular formula is C12H21N5O. The van der Waals surface area contributed by atoms with Gasteiger partial charge in [0.1, 0.15) is 5.82 Å². The van der Waals surface area contributed by atoms with Crippen LogP contribution in [0.25, 0.3) is 0 Å². The number of rotatable bonds is 4. The summed E-state index contributed by atoms with van der Waals surface area (Å²) >= 11 is 0. The van der Waals surface area contributed by atoms with Gasteiger partial charge < -0.3 is 10.2 Å². The van der Waals surface area contributed by atoms with Crippen LogP contribution in [-0.4, -0.2) is 52.2 Å². The van der Waals surface area contributed by atoms with Crippen LogP contribution in [0.4, 0.5) is 0 Å². The largest absolute Gasteiger partial charge is 0.337 e. The lowest BCUT2D eigenvalue weighted by molar-refractivity contribution is 0.0772. The Bertz CT molecular complexity index is 408. The van der Waals surface area contributed by atoms with Crippen molar-refractivity contribution in [2.75, 3.05) is 20.1 Å². The van der Waals surface area contributed by atoms with Crippen LogP contribution in [0, 0.1) is 0 Å². The van der Waals surface area contributed by atoms with Gasteiger partial charge in [-0.15, -0.1) is 5.10 Å². The van der Waals surface area contributed by atoms with E-state index in [9.17, 15) is 4.79 Å². The van der Waals surface area contributed by atoms with Crippen LogP contribution in [0.1, 0.15) is 49.1 Å². The minimum atomic E-state index is -0.119. The van der Waals surface area contributed by atoms with Crippen molar-refractivity contribution in [2.45, 2.75) is 38.6 Å². The fourth-order valence-electron chi connectivity index (χ4n) is 2.12. The number of hydrogen-bond acceptors (Lipinski definition) is 4. The summed E-state index contributed by atoms with van der Waals surface area (Å²) in [7, 11) is 1.80. The Morgan fingerprint density at radius 3 is 2.89 bits per heavy atom. The average molecular weight is 251 g/mol. The molecule has 0 saturated carbocycles. The van der Waals surface area contributed by atoms with E-state index in [1.54, 1.807) is 11.9 Å². The van der Waals surface area contributed by atoms with Crippen molar-refractivity contribution in [3.63, 3.8) is 0 Å². The zero-order valence-electron chi connectivity index (χ0n) is 11.2. The molecule has 1 aliphatic rings. The second-order valence-electron chi connectivity index (χ2n) is 5.18. The second-order valence-corrected chi connectivity index (χ2v) is 5.18. The number of nitrogens with one attached hydrogen (secondary N) is 2. The van der Waals surface area contributed by atoms with Gasteiger partial charge in [-0.3, -0.25) is 9.89 Å². The minimum Gasteiger partial charge on any atom is -0.337 e. The first-order chi connectivity index (χ1) is 8.58. The lowest BCUT2D eigenvalue weighted by Gasteiger charge is -2.19. The Labute approximate surface area is 107 Å².